The molecule has 1 amide bonds. The van der Waals surface area contributed by atoms with E-state index in [1.807, 2.05) is 24.3 Å². The van der Waals surface area contributed by atoms with Gasteiger partial charge in [-0.3, -0.25) is 4.79 Å². The number of rotatable bonds is 4. The molecule has 0 saturated heterocycles. The number of benzene rings is 2. The molecule has 4 rings (SSSR count). The van der Waals surface area contributed by atoms with E-state index in [1.165, 1.54) is 0 Å². The number of halogens is 2. The van der Waals surface area contributed by atoms with Gasteiger partial charge < -0.3 is 14.5 Å². The summed E-state index contributed by atoms with van der Waals surface area (Å²) in [5.74, 6) is 0.365. The summed E-state index contributed by atoms with van der Waals surface area (Å²) in [7, 11) is 0. The Bertz CT molecular complexity index is 1090. The van der Waals surface area contributed by atoms with Crippen LogP contribution in [-0.4, -0.2) is 30.0 Å². The lowest BCUT2D eigenvalue weighted by molar-refractivity contribution is 0.0983. The first kappa shape index (κ1) is 20.5. The summed E-state index contributed by atoms with van der Waals surface area (Å²) in [5, 5.41) is 0.872. The van der Waals surface area contributed by atoms with Crippen molar-refractivity contribution in [2.75, 3.05) is 22.9 Å². The van der Waals surface area contributed by atoms with Crippen LogP contribution in [0.5, 0.6) is 11.6 Å². The summed E-state index contributed by atoms with van der Waals surface area (Å²) in [6.45, 7) is 5.61. The molecule has 0 aliphatic carbocycles. The topological polar surface area (TPSA) is 45.7 Å². The number of carbonyl (C=O) groups excluding carboxylic acids is 1. The lowest BCUT2D eigenvalue weighted by Crippen LogP contribution is -2.46. The first-order valence-electron chi connectivity index (χ1n) is 9.71. The molecule has 2 heterocycles. The first-order chi connectivity index (χ1) is 14.5. The molecule has 3 aromatic rings. The van der Waals surface area contributed by atoms with E-state index in [0.29, 0.717) is 33.9 Å². The van der Waals surface area contributed by atoms with Crippen molar-refractivity contribution in [2.45, 2.75) is 19.9 Å². The zero-order chi connectivity index (χ0) is 21.3. The molecule has 2 aromatic carbocycles. The molecule has 0 fully saturated rings. The van der Waals surface area contributed by atoms with Gasteiger partial charge in [0.15, 0.2) is 0 Å². The summed E-state index contributed by atoms with van der Waals surface area (Å²) in [5.41, 5.74) is 2.27. The van der Waals surface area contributed by atoms with E-state index in [2.05, 4.69) is 23.7 Å². The number of carbonyl (C=O) groups is 1. The van der Waals surface area contributed by atoms with Crippen LogP contribution >= 0.6 is 23.2 Å². The van der Waals surface area contributed by atoms with Crippen LogP contribution in [0.2, 0.25) is 10.0 Å². The van der Waals surface area contributed by atoms with Gasteiger partial charge in [0.25, 0.3) is 5.91 Å². The fourth-order valence-electron chi connectivity index (χ4n) is 3.57. The Balaban J connectivity index is 1.69. The largest absolute Gasteiger partial charge is 0.437 e. The van der Waals surface area contributed by atoms with E-state index in [9.17, 15) is 4.79 Å². The molecule has 0 saturated carbocycles. The van der Waals surface area contributed by atoms with Gasteiger partial charge in [-0.1, -0.05) is 35.3 Å². The van der Waals surface area contributed by atoms with Gasteiger partial charge in [-0.05, 0) is 50.2 Å². The van der Waals surface area contributed by atoms with E-state index in [4.69, 9.17) is 27.9 Å². The second kappa shape index (κ2) is 8.54. The Morgan fingerprint density at radius 2 is 1.80 bits per heavy atom. The maximum absolute atomic E-state index is 13.5. The zero-order valence-corrected chi connectivity index (χ0v) is 18.2. The van der Waals surface area contributed by atoms with Crippen LogP contribution in [0.4, 0.5) is 11.4 Å². The number of hydrogen-bond acceptors (Lipinski definition) is 4. The van der Waals surface area contributed by atoms with Gasteiger partial charge in [0.1, 0.15) is 11.3 Å². The third-order valence-electron chi connectivity index (χ3n) is 5.02. The fourth-order valence-corrected chi connectivity index (χ4v) is 3.89. The minimum Gasteiger partial charge on any atom is -0.437 e. The van der Waals surface area contributed by atoms with Crippen molar-refractivity contribution in [3.63, 3.8) is 0 Å². The number of pyridine rings is 1. The number of aromatic nitrogens is 1. The van der Waals surface area contributed by atoms with Crippen molar-refractivity contribution < 1.29 is 9.53 Å². The molecule has 0 bridgehead atoms. The Morgan fingerprint density at radius 3 is 2.57 bits per heavy atom. The van der Waals surface area contributed by atoms with Gasteiger partial charge in [0.05, 0.1) is 16.4 Å². The normalized spacial score (nSPS) is 13.4. The number of amides is 1. The molecule has 7 heteroatoms. The minimum atomic E-state index is -0.174. The van der Waals surface area contributed by atoms with Crippen LogP contribution in [0, 0.1) is 0 Å². The van der Waals surface area contributed by atoms with Crippen LogP contribution in [0.1, 0.15) is 24.2 Å². The van der Waals surface area contributed by atoms with Gasteiger partial charge in [-0.25, -0.2) is 4.98 Å². The molecule has 1 aliphatic heterocycles. The predicted octanol–water partition coefficient (Wildman–Crippen LogP) is 6.06. The van der Waals surface area contributed by atoms with E-state index < -0.39 is 0 Å². The standard InChI is InChI=1S/C23H21Cl2N3O2/c1-15(2)27-12-13-28(20-8-4-3-7-19(20)27)23(29)17-6-5-11-26-22(17)30-21-14-16(24)9-10-18(21)25/h3-11,14-15H,12-13H2,1-2H3. The maximum atomic E-state index is 13.5. The smallest absolute Gasteiger partial charge is 0.263 e. The molecular formula is C23H21Cl2N3O2. The first-order valence-corrected chi connectivity index (χ1v) is 10.5. The quantitative estimate of drug-likeness (QED) is 0.493. The van der Waals surface area contributed by atoms with Crippen LogP contribution in [0.25, 0.3) is 0 Å². The predicted molar refractivity (Wildman–Crippen MR) is 121 cm³/mol. The molecule has 0 radical (unpaired) electrons. The number of fused-ring (bicyclic) bond motifs is 1. The molecule has 0 unspecified atom stereocenters. The second-order valence-corrected chi connectivity index (χ2v) is 8.11. The van der Waals surface area contributed by atoms with Crippen molar-refractivity contribution in [1.82, 2.24) is 4.98 Å². The molecule has 1 aliphatic rings. The highest BCUT2D eigenvalue weighted by molar-refractivity contribution is 6.34. The van der Waals surface area contributed by atoms with Gasteiger partial charge in [-0.2, -0.15) is 0 Å². The van der Waals surface area contributed by atoms with Crippen LogP contribution < -0.4 is 14.5 Å². The Kier molecular flexibility index (Phi) is 5.84. The number of anilines is 2. The summed E-state index contributed by atoms with van der Waals surface area (Å²) in [6, 6.07) is 16.6. The molecule has 0 N–H and O–H groups in total. The van der Waals surface area contributed by atoms with Crippen molar-refractivity contribution in [3.05, 3.63) is 76.4 Å². The summed E-state index contributed by atoms with van der Waals surface area (Å²) >= 11 is 12.3. The number of hydrogen-bond donors (Lipinski definition) is 0. The number of ether oxygens (including phenoxy) is 1. The van der Waals surface area contributed by atoms with E-state index in [1.54, 1.807) is 41.4 Å². The lowest BCUT2D eigenvalue weighted by Gasteiger charge is -2.40. The van der Waals surface area contributed by atoms with E-state index in [0.717, 1.165) is 17.9 Å². The fraction of sp³-hybridized carbons (Fsp3) is 0.217. The van der Waals surface area contributed by atoms with Crippen LogP contribution in [0.15, 0.2) is 60.8 Å². The minimum absolute atomic E-state index is 0.174. The van der Waals surface area contributed by atoms with Gasteiger partial charge in [0.2, 0.25) is 5.88 Å². The van der Waals surface area contributed by atoms with E-state index in [-0.39, 0.29) is 11.8 Å². The second-order valence-electron chi connectivity index (χ2n) is 7.27. The average molecular weight is 442 g/mol. The summed E-state index contributed by atoms with van der Waals surface area (Å²) < 4.78 is 5.89. The molecule has 5 nitrogen and oxygen atoms in total. The van der Waals surface area contributed by atoms with Crippen molar-refractivity contribution in [2.24, 2.45) is 0 Å². The van der Waals surface area contributed by atoms with Crippen molar-refractivity contribution in [1.29, 1.82) is 0 Å². The third kappa shape index (κ3) is 3.95. The molecule has 0 atom stereocenters. The lowest BCUT2D eigenvalue weighted by atomic mass is 10.1. The summed E-state index contributed by atoms with van der Waals surface area (Å²) in [4.78, 5) is 21.9. The molecule has 1 aromatic heterocycles. The third-order valence-corrected chi connectivity index (χ3v) is 5.56. The number of nitrogens with zero attached hydrogens (tertiary/aromatic N) is 3. The Hall–Kier alpha value is -2.76. The SMILES string of the molecule is CC(C)N1CCN(C(=O)c2cccnc2Oc2cc(Cl)ccc2Cl)c2ccccc21. The monoisotopic (exact) mass is 441 g/mol. The number of para-hydroxylation sites is 2. The average Bonchev–Trinajstić information content (AvgIpc) is 2.75. The molecular weight excluding hydrogens is 421 g/mol. The molecule has 154 valence electrons. The summed E-state index contributed by atoms with van der Waals surface area (Å²) in [6.07, 6.45) is 1.58. The van der Waals surface area contributed by atoms with E-state index >= 15 is 0 Å². The van der Waals surface area contributed by atoms with Crippen molar-refractivity contribution >= 4 is 40.5 Å². The van der Waals surface area contributed by atoms with Crippen LogP contribution in [-0.2, 0) is 0 Å². The molecule has 30 heavy (non-hydrogen) atoms. The maximum Gasteiger partial charge on any atom is 0.263 e. The Labute approximate surface area is 185 Å². The molecule has 0 spiro atoms. The van der Waals surface area contributed by atoms with Crippen molar-refractivity contribution in [3.8, 4) is 11.6 Å². The highest BCUT2D eigenvalue weighted by Crippen LogP contribution is 2.37. The zero-order valence-electron chi connectivity index (χ0n) is 16.7. The highest BCUT2D eigenvalue weighted by atomic mass is 35.5. The Morgan fingerprint density at radius 1 is 1.03 bits per heavy atom. The van der Waals surface area contributed by atoms with Crippen LogP contribution in [0.3, 0.4) is 0 Å². The van der Waals surface area contributed by atoms with Gasteiger partial charge in [0, 0.05) is 36.4 Å². The van der Waals surface area contributed by atoms with Gasteiger partial charge in [-0.15, -0.1) is 0 Å². The highest BCUT2D eigenvalue weighted by Gasteiger charge is 2.30. The van der Waals surface area contributed by atoms with Gasteiger partial charge >= 0.3 is 0 Å².